The summed E-state index contributed by atoms with van der Waals surface area (Å²) in [5, 5.41) is 12.4. The van der Waals surface area contributed by atoms with Crippen LogP contribution in [-0.4, -0.2) is 31.9 Å². The fourth-order valence-corrected chi connectivity index (χ4v) is 1.95. The van der Waals surface area contributed by atoms with Crippen molar-refractivity contribution in [3.63, 3.8) is 0 Å². The highest BCUT2D eigenvalue weighted by Crippen LogP contribution is 2.16. The van der Waals surface area contributed by atoms with Gasteiger partial charge in [-0.25, -0.2) is 14.8 Å². The molecule has 0 aliphatic heterocycles. The quantitative estimate of drug-likeness (QED) is 0.680. The van der Waals surface area contributed by atoms with Crippen LogP contribution < -0.4 is 5.32 Å². The van der Waals surface area contributed by atoms with Crippen molar-refractivity contribution in [3.05, 3.63) is 54.1 Å². The third-order valence-electron chi connectivity index (χ3n) is 2.95. The molecular weight excluding hydrogens is 272 g/mol. The molecule has 1 amide bonds. The molecule has 0 saturated heterocycles. The van der Waals surface area contributed by atoms with Crippen molar-refractivity contribution in [1.82, 2.24) is 15.0 Å². The lowest BCUT2D eigenvalue weighted by Crippen LogP contribution is -2.17. The second-order valence-electron chi connectivity index (χ2n) is 4.29. The van der Waals surface area contributed by atoms with E-state index in [2.05, 4.69) is 20.3 Å². The van der Waals surface area contributed by atoms with Crippen LogP contribution in [0.5, 0.6) is 0 Å². The van der Waals surface area contributed by atoms with E-state index in [-0.39, 0.29) is 11.5 Å². The number of aromatic amines is 1. The maximum atomic E-state index is 12.2. The van der Waals surface area contributed by atoms with Gasteiger partial charge in [0.15, 0.2) is 11.5 Å². The second-order valence-corrected chi connectivity index (χ2v) is 4.29. The van der Waals surface area contributed by atoms with Crippen molar-refractivity contribution in [2.75, 3.05) is 5.32 Å². The van der Waals surface area contributed by atoms with Gasteiger partial charge in [-0.3, -0.25) is 4.79 Å². The van der Waals surface area contributed by atoms with Gasteiger partial charge in [-0.15, -0.1) is 0 Å². The van der Waals surface area contributed by atoms with Crippen LogP contribution in [0, 0.1) is 0 Å². The topological polar surface area (TPSA) is 108 Å². The molecule has 7 nitrogen and oxygen atoms in total. The van der Waals surface area contributed by atoms with E-state index in [1.807, 2.05) is 6.07 Å². The molecule has 0 radical (unpaired) electrons. The van der Waals surface area contributed by atoms with Crippen molar-refractivity contribution in [3.8, 4) is 0 Å². The van der Waals surface area contributed by atoms with Gasteiger partial charge in [-0.1, -0.05) is 6.07 Å². The molecule has 2 heterocycles. The summed E-state index contributed by atoms with van der Waals surface area (Å²) >= 11 is 0. The number of amides is 1. The second kappa shape index (κ2) is 5.04. The number of aromatic nitrogens is 3. The number of H-pyrrole nitrogens is 1. The Balaban J connectivity index is 1.91. The number of nitrogens with one attached hydrogen (secondary N) is 2. The molecule has 0 bridgehead atoms. The first-order valence-electron chi connectivity index (χ1n) is 6.08. The summed E-state index contributed by atoms with van der Waals surface area (Å²) in [7, 11) is 0. The van der Waals surface area contributed by atoms with Crippen molar-refractivity contribution in [1.29, 1.82) is 0 Å². The Labute approximate surface area is 118 Å². The number of rotatable bonds is 3. The van der Waals surface area contributed by atoms with Gasteiger partial charge in [0.1, 0.15) is 0 Å². The highest BCUT2D eigenvalue weighted by molar-refractivity contribution is 6.07. The SMILES string of the molecule is O=C(Nc1nccnc1C(=O)O)c1ccc2cc[nH]c2c1. The van der Waals surface area contributed by atoms with Crippen LogP contribution >= 0.6 is 0 Å². The molecule has 3 aromatic rings. The first kappa shape index (κ1) is 12.8. The summed E-state index contributed by atoms with van der Waals surface area (Å²) < 4.78 is 0. The smallest absolute Gasteiger partial charge is 0.358 e. The number of aromatic carboxylic acids is 1. The average molecular weight is 282 g/mol. The number of carbonyl (C=O) groups is 2. The van der Waals surface area contributed by atoms with E-state index in [0.717, 1.165) is 10.9 Å². The molecule has 21 heavy (non-hydrogen) atoms. The number of hydrogen-bond donors (Lipinski definition) is 3. The molecule has 0 spiro atoms. The third-order valence-corrected chi connectivity index (χ3v) is 2.95. The number of anilines is 1. The molecule has 1 aromatic carbocycles. The highest BCUT2D eigenvalue weighted by Gasteiger charge is 2.16. The van der Waals surface area contributed by atoms with Crippen LogP contribution in [0.25, 0.3) is 10.9 Å². The van der Waals surface area contributed by atoms with Crippen LogP contribution in [0.15, 0.2) is 42.9 Å². The zero-order valence-corrected chi connectivity index (χ0v) is 10.7. The van der Waals surface area contributed by atoms with Crippen LogP contribution in [0.1, 0.15) is 20.8 Å². The Morgan fingerprint density at radius 1 is 1.14 bits per heavy atom. The molecule has 0 unspecified atom stereocenters. The summed E-state index contributed by atoms with van der Waals surface area (Å²) in [5.74, 6) is -1.78. The van der Waals surface area contributed by atoms with E-state index in [1.165, 1.54) is 12.4 Å². The first-order valence-corrected chi connectivity index (χ1v) is 6.08. The maximum Gasteiger partial charge on any atom is 0.358 e. The maximum absolute atomic E-state index is 12.2. The van der Waals surface area contributed by atoms with Gasteiger partial charge in [0.05, 0.1) is 0 Å². The molecule has 3 rings (SSSR count). The number of benzene rings is 1. The fourth-order valence-electron chi connectivity index (χ4n) is 1.95. The van der Waals surface area contributed by atoms with E-state index in [0.29, 0.717) is 5.56 Å². The van der Waals surface area contributed by atoms with Crippen molar-refractivity contribution in [2.24, 2.45) is 0 Å². The van der Waals surface area contributed by atoms with E-state index in [1.54, 1.807) is 24.4 Å². The summed E-state index contributed by atoms with van der Waals surface area (Å²) in [5.41, 5.74) is 0.916. The fraction of sp³-hybridized carbons (Fsp3) is 0. The predicted molar refractivity (Wildman–Crippen MR) is 75.2 cm³/mol. The van der Waals surface area contributed by atoms with Crippen LogP contribution in [0.2, 0.25) is 0 Å². The third kappa shape index (κ3) is 2.44. The minimum Gasteiger partial charge on any atom is -0.476 e. The van der Waals surface area contributed by atoms with Crippen molar-refractivity contribution >= 4 is 28.6 Å². The molecule has 0 fully saturated rings. The lowest BCUT2D eigenvalue weighted by molar-refractivity contribution is 0.0691. The van der Waals surface area contributed by atoms with Gasteiger partial charge in [0, 0.05) is 29.7 Å². The minimum atomic E-state index is -1.25. The van der Waals surface area contributed by atoms with Gasteiger partial charge < -0.3 is 15.4 Å². The van der Waals surface area contributed by atoms with E-state index in [4.69, 9.17) is 5.11 Å². The lowest BCUT2D eigenvalue weighted by Gasteiger charge is -2.06. The number of carboxylic acids is 1. The monoisotopic (exact) mass is 282 g/mol. The molecule has 2 aromatic heterocycles. The zero-order valence-electron chi connectivity index (χ0n) is 10.7. The summed E-state index contributed by atoms with van der Waals surface area (Å²) in [6, 6.07) is 7.03. The Kier molecular flexibility index (Phi) is 3.07. The molecule has 0 aliphatic carbocycles. The molecule has 0 aliphatic rings. The summed E-state index contributed by atoms with van der Waals surface area (Å²) in [6.07, 6.45) is 4.35. The lowest BCUT2D eigenvalue weighted by atomic mass is 10.1. The number of hydrogen-bond acceptors (Lipinski definition) is 4. The standard InChI is InChI=1S/C14H10N4O3/c19-13(9-2-1-8-3-4-15-10(8)7-9)18-12-11(14(20)21)16-5-6-17-12/h1-7,15H,(H,20,21)(H,17,18,19). The number of carboxylic acid groups (broad SMARTS) is 1. The Bertz CT molecular complexity index is 841. The van der Waals surface area contributed by atoms with Gasteiger partial charge in [0.25, 0.3) is 5.91 Å². The van der Waals surface area contributed by atoms with E-state index in [9.17, 15) is 9.59 Å². The molecule has 0 saturated carbocycles. The Morgan fingerprint density at radius 2 is 1.95 bits per heavy atom. The molecular formula is C14H10N4O3. The molecule has 104 valence electrons. The van der Waals surface area contributed by atoms with Gasteiger partial charge in [0.2, 0.25) is 0 Å². The number of nitrogens with zero attached hydrogens (tertiary/aromatic N) is 2. The molecule has 7 heteroatoms. The average Bonchev–Trinajstić information content (AvgIpc) is 2.94. The predicted octanol–water partition coefficient (Wildman–Crippen LogP) is 1.91. The molecule has 0 atom stereocenters. The summed E-state index contributed by atoms with van der Waals surface area (Å²) in [4.78, 5) is 33.7. The number of fused-ring (bicyclic) bond motifs is 1. The largest absolute Gasteiger partial charge is 0.476 e. The van der Waals surface area contributed by atoms with Crippen LogP contribution in [0.3, 0.4) is 0 Å². The van der Waals surface area contributed by atoms with Crippen LogP contribution in [0.4, 0.5) is 5.82 Å². The van der Waals surface area contributed by atoms with Gasteiger partial charge >= 0.3 is 5.97 Å². The Hall–Kier alpha value is -3.22. The van der Waals surface area contributed by atoms with Crippen LogP contribution in [-0.2, 0) is 0 Å². The normalized spacial score (nSPS) is 10.5. The van der Waals surface area contributed by atoms with Gasteiger partial charge in [-0.2, -0.15) is 0 Å². The first-order chi connectivity index (χ1) is 10.1. The van der Waals surface area contributed by atoms with E-state index < -0.39 is 11.9 Å². The minimum absolute atomic E-state index is 0.0819. The Morgan fingerprint density at radius 3 is 2.76 bits per heavy atom. The highest BCUT2D eigenvalue weighted by atomic mass is 16.4. The summed E-state index contributed by atoms with van der Waals surface area (Å²) in [6.45, 7) is 0. The van der Waals surface area contributed by atoms with Gasteiger partial charge in [-0.05, 0) is 23.6 Å². The van der Waals surface area contributed by atoms with E-state index >= 15 is 0 Å². The van der Waals surface area contributed by atoms with Crippen molar-refractivity contribution < 1.29 is 14.7 Å². The van der Waals surface area contributed by atoms with Crippen molar-refractivity contribution in [2.45, 2.75) is 0 Å². The number of carbonyl (C=O) groups excluding carboxylic acids is 1. The zero-order chi connectivity index (χ0) is 14.8. The molecule has 3 N–H and O–H groups in total.